The maximum atomic E-state index is 10.9. The molecule has 0 aliphatic heterocycles. The zero-order valence-electron chi connectivity index (χ0n) is 3.81. The van der Waals surface area contributed by atoms with Gasteiger partial charge in [-0.05, 0) is 0 Å². The molecular weight excluding hydrogens is 147 g/mol. The summed E-state index contributed by atoms with van der Waals surface area (Å²) in [4.78, 5) is 0. The lowest BCUT2D eigenvalue weighted by Crippen LogP contribution is -2.26. The Morgan fingerprint density at radius 1 is 1.25 bits per heavy atom. The summed E-state index contributed by atoms with van der Waals surface area (Å²) in [6, 6.07) is 0. The normalized spacial score (nSPS) is 14.0. The number of quaternary nitrogens is 1. The highest BCUT2D eigenvalue weighted by Crippen LogP contribution is 2.15. The van der Waals surface area contributed by atoms with Crippen molar-refractivity contribution in [2.24, 2.45) is 0 Å². The summed E-state index contributed by atoms with van der Waals surface area (Å²) in [5, 5.41) is 0. The van der Waals surface area contributed by atoms with Gasteiger partial charge in [-0.1, -0.05) is 0 Å². The molecule has 0 saturated heterocycles. The van der Waals surface area contributed by atoms with Crippen molar-refractivity contribution in [3.63, 3.8) is 0 Å². The first kappa shape index (κ1) is 7.70. The van der Waals surface area contributed by atoms with Gasteiger partial charge in [-0.2, -0.15) is 8.42 Å². The molecule has 0 radical (unpaired) electrons. The van der Waals surface area contributed by atoms with E-state index in [-0.39, 0.29) is 6.26 Å². The van der Waals surface area contributed by atoms with Gasteiger partial charge in [0.05, 0.1) is 0 Å². The van der Waals surface area contributed by atoms with Crippen molar-refractivity contribution in [1.82, 2.24) is 0 Å². The molecule has 0 N–H and O–H groups in total. The van der Waals surface area contributed by atoms with Crippen LogP contribution in [-0.2, 0) is 10.0 Å². The molecule has 0 aromatic rings. The van der Waals surface area contributed by atoms with Crippen LogP contribution < -0.4 is 0 Å². The van der Waals surface area contributed by atoms with Gasteiger partial charge in [0.1, 0.15) is 19.7 Å². The summed E-state index contributed by atoms with van der Waals surface area (Å²) in [5.74, 6) is 0. The molecule has 50 valence electrons. The largest absolute Gasteiger partial charge is 0.406 e. The zero-order chi connectivity index (χ0) is 7.00. The summed E-state index contributed by atoms with van der Waals surface area (Å²) in [5.41, 5.74) is 0. The predicted molar refractivity (Wildman–Crippen MR) is 18.4 cm³/mol. The van der Waals surface area contributed by atoms with Gasteiger partial charge in [-0.3, -0.25) is 0 Å². The molecule has 8 heavy (non-hydrogen) atoms. The van der Waals surface area contributed by atoms with Gasteiger partial charge in [0.25, 0.3) is 0 Å². The summed E-state index contributed by atoms with van der Waals surface area (Å²) in [7, 11) is -4.90. The number of halogens is 3. The first-order valence-corrected chi connectivity index (χ1v) is 3.28. The third-order valence-electron chi connectivity index (χ3n) is 0.376. The lowest BCUT2D eigenvalue weighted by Gasteiger charge is -1.92. The van der Waals surface area contributed by atoms with E-state index in [9.17, 15) is 21.9 Å². The minimum Gasteiger partial charge on any atom is -0.163 e. The average molecular weight is 150 g/mol. The fourth-order valence-electron chi connectivity index (χ4n) is 0. The fourth-order valence-corrected chi connectivity index (χ4v) is 0. The lowest BCUT2D eigenvalue weighted by atomic mass is 12.0. The third-order valence-corrected chi connectivity index (χ3v) is 1.13. The molecule has 0 spiro atoms. The van der Waals surface area contributed by atoms with E-state index >= 15 is 0 Å². The van der Waals surface area contributed by atoms with Gasteiger partial charge in [0, 0.05) is 0 Å². The van der Waals surface area contributed by atoms with E-state index in [0.717, 1.165) is 0 Å². The summed E-state index contributed by atoms with van der Waals surface area (Å²) in [6.45, 7) is 0. The Bertz CT molecular complexity index is 166. The van der Waals surface area contributed by atoms with Crippen molar-refractivity contribution in [3.05, 3.63) is 0 Å². The quantitative estimate of drug-likeness (QED) is 0.507. The SMILES string of the molecule is CS(=O)(=O)[N+](F)(F)F. The van der Waals surface area contributed by atoms with Crippen molar-refractivity contribution in [3.8, 4) is 0 Å². The van der Waals surface area contributed by atoms with Crippen LogP contribution in [0.3, 0.4) is 0 Å². The molecule has 0 saturated carbocycles. The maximum Gasteiger partial charge on any atom is 0.406 e. The van der Waals surface area contributed by atoms with Crippen LogP contribution in [0.4, 0.5) is 13.4 Å². The van der Waals surface area contributed by atoms with Crippen LogP contribution in [-0.4, -0.2) is 19.2 Å². The smallest absolute Gasteiger partial charge is 0.163 e. The Morgan fingerprint density at radius 3 is 1.38 bits per heavy atom. The van der Waals surface area contributed by atoms with Gasteiger partial charge in [0.2, 0.25) is 0 Å². The lowest BCUT2D eigenvalue weighted by molar-refractivity contribution is -1.18. The second-order valence-corrected chi connectivity index (χ2v) is 3.01. The van der Waals surface area contributed by atoms with E-state index in [1.807, 2.05) is 0 Å². The predicted octanol–water partition coefficient (Wildman–Crippen LogP) is 0.416. The van der Waals surface area contributed by atoms with E-state index in [1.165, 1.54) is 0 Å². The van der Waals surface area contributed by atoms with Gasteiger partial charge < -0.3 is 0 Å². The van der Waals surface area contributed by atoms with E-state index in [4.69, 9.17) is 0 Å². The number of hydrogen-bond donors (Lipinski definition) is 0. The van der Waals surface area contributed by atoms with Crippen molar-refractivity contribution < 1.29 is 26.4 Å². The number of nitrogens with zero attached hydrogens (tertiary/aromatic N) is 1. The molecule has 0 atom stereocenters. The van der Waals surface area contributed by atoms with Crippen LogP contribution in [0.2, 0.25) is 0 Å². The second kappa shape index (κ2) is 1.59. The Labute approximate surface area is 43.8 Å². The average Bonchev–Trinajstić information content (AvgIpc) is 1.25. The molecule has 0 aliphatic rings. The topological polar surface area (TPSA) is 34.1 Å². The van der Waals surface area contributed by atoms with E-state index in [0.29, 0.717) is 0 Å². The van der Waals surface area contributed by atoms with E-state index in [1.54, 1.807) is 0 Å². The highest BCUT2D eigenvalue weighted by Gasteiger charge is 2.45. The Kier molecular flexibility index (Phi) is 1.53. The third kappa shape index (κ3) is 1.66. The molecular formula is CH3F3NO2S+. The van der Waals surface area contributed by atoms with Crippen LogP contribution in [0.25, 0.3) is 0 Å². The Hall–Kier alpha value is -0.300. The fraction of sp³-hybridized carbons (Fsp3) is 1.00. The monoisotopic (exact) mass is 150 g/mol. The molecule has 0 rings (SSSR count). The first-order valence-electron chi connectivity index (χ1n) is 1.43. The first-order chi connectivity index (χ1) is 3.25. The van der Waals surface area contributed by atoms with Gasteiger partial charge in [-0.25, -0.2) is 0 Å². The highest BCUT2D eigenvalue weighted by molar-refractivity contribution is 7.84. The molecule has 0 aromatic carbocycles. The van der Waals surface area contributed by atoms with Crippen molar-refractivity contribution >= 4 is 10.0 Å². The van der Waals surface area contributed by atoms with Crippen LogP contribution in [0.5, 0.6) is 0 Å². The van der Waals surface area contributed by atoms with Crippen molar-refractivity contribution in [2.75, 3.05) is 6.26 Å². The molecule has 0 amide bonds. The Balaban J connectivity index is 4.53. The number of sulfonamides is 1. The van der Waals surface area contributed by atoms with E-state index < -0.39 is 14.6 Å². The molecule has 0 heterocycles. The summed E-state index contributed by atoms with van der Waals surface area (Å²) in [6.07, 6.45) is 0.0903. The highest BCUT2D eigenvalue weighted by atomic mass is 32.2. The van der Waals surface area contributed by atoms with Gasteiger partial charge in [0.15, 0.2) is 0 Å². The summed E-state index contributed by atoms with van der Waals surface area (Å²) < 4.78 is 47.2. The molecule has 3 nitrogen and oxygen atoms in total. The second-order valence-electron chi connectivity index (χ2n) is 1.13. The van der Waals surface area contributed by atoms with Gasteiger partial charge >= 0.3 is 14.6 Å². The summed E-state index contributed by atoms with van der Waals surface area (Å²) >= 11 is 0. The number of rotatable bonds is 1. The van der Waals surface area contributed by atoms with Crippen molar-refractivity contribution in [1.29, 1.82) is 0 Å². The van der Waals surface area contributed by atoms with Gasteiger partial charge in [-0.15, -0.1) is 0 Å². The van der Waals surface area contributed by atoms with Crippen LogP contribution in [0.15, 0.2) is 0 Å². The molecule has 0 fully saturated rings. The zero-order valence-corrected chi connectivity index (χ0v) is 4.62. The Morgan fingerprint density at radius 2 is 1.38 bits per heavy atom. The van der Waals surface area contributed by atoms with Crippen molar-refractivity contribution in [2.45, 2.75) is 0 Å². The van der Waals surface area contributed by atoms with Crippen LogP contribution in [0.1, 0.15) is 0 Å². The minimum atomic E-state index is -4.90. The van der Waals surface area contributed by atoms with E-state index in [2.05, 4.69) is 0 Å². The minimum absolute atomic E-state index is 0.0903. The number of hydrogen-bond acceptors (Lipinski definition) is 2. The maximum absolute atomic E-state index is 10.9. The molecule has 0 unspecified atom stereocenters. The van der Waals surface area contributed by atoms with Crippen LogP contribution in [0, 0.1) is 0 Å². The molecule has 7 heteroatoms. The van der Waals surface area contributed by atoms with Crippen LogP contribution >= 0.6 is 0 Å². The standard InChI is InChI=1S/CH3F3NO2S/c1-8(6,7)5(2,3)4/h1H3/q+1. The molecule has 0 aromatic heterocycles. The molecule has 0 aliphatic carbocycles. The molecule has 0 bridgehead atoms.